The van der Waals surface area contributed by atoms with E-state index in [1.54, 1.807) is 0 Å². The Balaban J connectivity index is 2.47. The summed E-state index contributed by atoms with van der Waals surface area (Å²) in [5, 5.41) is 11.2. The molecule has 0 aliphatic heterocycles. The second kappa shape index (κ2) is 8.44. The number of rotatable bonds is 7. The molecule has 0 aliphatic carbocycles. The quantitative estimate of drug-likeness (QED) is 0.190. The third-order valence-electron chi connectivity index (χ3n) is 1.83. The predicted molar refractivity (Wildman–Crippen MR) is 72.2 cm³/mol. The Kier molecular flexibility index (Phi) is 7.25. The number of hydrogen-bond acceptors (Lipinski definition) is 4. The van der Waals surface area contributed by atoms with E-state index in [0.717, 1.165) is 11.8 Å². The Hall–Kier alpha value is -0.730. The first-order chi connectivity index (χ1) is 9.02. The average Bonchev–Trinajstić information content (AvgIpc) is 2.76. The molecule has 1 rings (SSSR count). The Morgan fingerprint density at radius 2 is 2.26 bits per heavy atom. The maximum absolute atomic E-state index is 12.5. The Morgan fingerprint density at radius 1 is 1.53 bits per heavy atom. The van der Waals surface area contributed by atoms with Gasteiger partial charge in [-0.25, -0.2) is 14.1 Å². The van der Waals surface area contributed by atoms with Crippen molar-refractivity contribution in [3.8, 4) is 0 Å². The molecule has 0 amide bonds. The van der Waals surface area contributed by atoms with Gasteiger partial charge < -0.3 is 5.21 Å². The first-order valence-electron chi connectivity index (χ1n) is 5.15. The molecule has 9 heteroatoms. The monoisotopic (exact) mass is 330 g/mol. The normalized spacial score (nSPS) is 11.7. The molecule has 0 bridgehead atoms. The molecule has 0 radical (unpaired) electrons. The van der Waals surface area contributed by atoms with Crippen LogP contribution in [0.3, 0.4) is 0 Å². The third kappa shape index (κ3) is 6.31. The molecule has 0 fully saturated rings. The van der Waals surface area contributed by atoms with Crippen LogP contribution in [0.1, 0.15) is 11.3 Å². The van der Waals surface area contributed by atoms with Gasteiger partial charge in [0.05, 0.1) is 12.1 Å². The van der Waals surface area contributed by atoms with Crippen molar-refractivity contribution in [1.82, 2.24) is 4.98 Å². The van der Waals surface area contributed by atoms with Gasteiger partial charge in [0.2, 0.25) is 0 Å². The summed E-state index contributed by atoms with van der Waals surface area (Å²) in [5.74, 6) is -1.01. The maximum Gasteiger partial charge on any atom is 0.301 e. The molecule has 106 valence electrons. The molecule has 0 unspecified atom stereocenters. The van der Waals surface area contributed by atoms with Gasteiger partial charge in [0.1, 0.15) is 4.88 Å². The lowest BCUT2D eigenvalue weighted by Gasteiger charge is -1.98. The van der Waals surface area contributed by atoms with Gasteiger partial charge in [-0.2, -0.15) is 8.78 Å². The summed E-state index contributed by atoms with van der Waals surface area (Å²) in [6.45, 7) is 0.174. The van der Waals surface area contributed by atoms with Gasteiger partial charge in [0.15, 0.2) is 22.9 Å². The van der Waals surface area contributed by atoms with Crippen LogP contribution in [0.4, 0.5) is 13.2 Å². The lowest BCUT2D eigenvalue weighted by Crippen LogP contribution is -2.07. The van der Waals surface area contributed by atoms with E-state index in [1.165, 1.54) is 23.7 Å². The van der Waals surface area contributed by atoms with Gasteiger partial charge in [0.25, 0.3) is 0 Å². The zero-order valence-corrected chi connectivity index (χ0v) is 12.0. The van der Waals surface area contributed by atoms with Crippen LogP contribution in [0, 0.1) is 5.21 Å². The van der Waals surface area contributed by atoms with E-state index in [-0.39, 0.29) is 24.6 Å². The summed E-state index contributed by atoms with van der Waals surface area (Å²) in [7, 11) is 0. The molecule has 0 saturated carbocycles. The fourth-order valence-electron chi connectivity index (χ4n) is 1.01. The first kappa shape index (κ1) is 16.3. The summed E-state index contributed by atoms with van der Waals surface area (Å²) in [6.07, 6.45) is 0.225. The summed E-state index contributed by atoms with van der Waals surface area (Å²) in [4.78, 5) is 4.63. The van der Waals surface area contributed by atoms with Crippen LogP contribution >= 0.6 is 34.7 Å². The highest BCUT2D eigenvalue weighted by atomic mass is 35.5. The lowest BCUT2D eigenvalue weighted by atomic mass is 10.4. The van der Waals surface area contributed by atoms with Crippen molar-refractivity contribution in [3.63, 3.8) is 0 Å². The average molecular weight is 331 g/mol. The zero-order valence-electron chi connectivity index (χ0n) is 9.61. The maximum atomic E-state index is 12.5. The highest BCUT2D eigenvalue weighted by Gasteiger charge is 2.07. The Morgan fingerprint density at radius 3 is 2.89 bits per heavy atom. The van der Waals surface area contributed by atoms with Crippen LogP contribution < -0.4 is 0 Å². The van der Waals surface area contributed by atoms with Gasteiger partial charge in [-0.05, 0) is 0 Å². The molecule has 0 aliphatic rings. The third-order valence-corrected chi connectivity index (χ3v) is 4.09. The summed E-state index contributed by atoms with van der Waals surface area (Å²) in [6, 6.07) is 0. The van der Waals surface area contributed by atoms with E-state index < -0.39 is 11.9 Å². The SMILES string of the molecule is [O-]/[N+](=C\c1cnc(SCCC(F)=C(F)F)s1)CCCl. The molecule has 19 heavy (non-hydrogen) atoms. The van der Waals surface area contributed by atoms with Crippen LogP contribution in [-0.4, -0.2) is 34.1 Å². The van der Waals surface area contributed by atoms with Crippen molar-refractivity contribution in [2.75, 3.05) is 18.2 Å². The van der Waals surface area contributed by atoms with E-state index in [0.29, 0.717) is 14.0 Å². The van der Waals surface area contributed by atoms with Crippen LogP contribution in [0.15, 0.2) is 22.4 Å². The number of aromatic nitrogens is 1. The minimum atomic E-state index is -2.28. The number of hydroxylamine groups is 1. The highest BCUT2D eigenvalue weighted by Crippen LogP contribution is 2.26. The van der Waals surface area contributed by atoms with E-state index in [9.17, 15) is 18.4 Å². The summed E-state index contributed by atoms with van der Waals surface area (Å²) in [5.41, 5.74) is 0. The predicted octanol–water partition coefficient (Wildman–Crippen LogP) is 3.87. The minimum Gasteiger partial charge on any atom is -0.624 e. The molecule has 0 spiro atoms. The Labute approximate surface area is 121 Å². The van der Waals surface area contributed by atoms with Crippen molar-refractivity contribution in [1.29, 1.82) is 0 Å². The van der Waals surface area contributed by atoms with E-state index in [4.69, 9.17) is 11.6 Å². The van der Waals surface area contributed by atoms with Crippen molar-refractivity contribution < 1.29 is 17.9 Å². The first-order valence-corrected chi connectivity index (χ1v) is 7.49. The number of allylic oxidation sites excluding steroid dienone is 1. The number of thioether (sulfide) groups is 1. The van der Waals surface area contributed by atoms with Crippen molar-refractivity contribution >= 4 is 40.9 Å². The largest absolute Gasteiger partial charge is 0.624 e. The smallest absolute Gasteiger partial charge is 0.301 e. The molecule has 1 aromatic rings. The Bertz CT molecular complexity index is 475. The number of hydrogen-bond donors (Lipinski definition) is 0. The summed E-state index contributed by atoms with van der Waals surface area (Å²) < 4.78 is 37.4. The van der Waals surface area contributed by atoms with Gasteiger partial charge in [-0.15, -0.1) is 22.9 Å². The molecule has 1 aromatic heterocycles. The number of nitrogens with zero attached hydrogens (tertiary/aromatic N) is 2. The number of halogens is 4. The number of alkyl halides is 1. The standard InChI is InChI=1S/C10H10ClF3N2OS2/c11-2-3-16(17)6-7-5-15-10(19-7)18-4-1-8(12)9(13)14/h5-6H,1-4H2/b16-6-. The van der Waals surface area contributed by atoms with Crippen molar-refractivity contribution in [2.24, 2.45) is 0 Å². The van der Waals surface area contributed by atoms with Crippen LogP contribution in [0.2, 0.25) is 0 Å². The molecular weight excluding hydrogens is 321 g/mol. The van der Waals surface area contributed by atoms with Crippen LogP contribution in [0.5, 0.6) is 0 Å². The molecule has 0 N–H and O–H groups in total. The van der Waals surface area contributed by atoms with Crippen LogP contribution in [-0.2, 0) is 0 Å². The van der Waals surface area contributed by atoms with Gasteiger partial charge >= 0.3 is 6.08 Å². The molecule has 0 aromatic carbocycles. The number of thiazole rings is 1. The second-order valence-corrected chi connectivity index (χ2v) is 6.03. The van der Waals surface area contributed by atoms with Crippen LogP contribution in [0.25, 0.3) is 0 Å². The molecule has 0 atom stereocenters. The fraction of sp³-hybridized carbons (Fsp3) is 0.400. The zero-order chi connectivity index (χ0) is 14.3. The van der Waals surface area contributed by atoms with E-state index in [1.807, 2.05) is 0 Å². The van der Waals surface area contributed by atoms with Gasteiger partial charge in [0, 0.05) is 12.2 Å². The highest BCUT2D eigenvalue weighted by molar-refractivity contribution is 8.01. The lowest BCUT2D eigenvalue weighted by molar-refractivity contribution is -0.446. The minimum absolute atomic E-state index is 0.166. The molecule has 1 heterocycles. The van der Waals surface area contributed by atoms with E-state index >= 15 is 0 Å². The molecule has 3 nitrogen and oxygen atoms in total. The van der Waals surface area contributed by atoms with Crippen molar-refractivity contribution in [3.05, 3.63) is 28.2 Å². The summed E-state index contributed by atoms with van der Waals surface area (Å²) >= 11 is 7.81. The topological polar surface area (TPSA) is 39.0 Å². The van der Waals surface area contributed by atoms with Gasteiger partial charge in [-0.1, -0.05) is 11.8 Å². The molecular formula is C10H10ClF3N2OS2. The van der Waals surface area contributed by atoms with Gasteiger partial charge in [-0.3, -0.25) is 0 Å². The molecule has 0 saturated heterocycles. The second-order valence-electron chi connectivity index (χ2n) is 3.25. The van der Waals surface area contributed by atoms with Crippen molar-refractivity contribution in [2.45, 2.75) is 10.8 Å². The van der Waals surface area contributed by atoms with E-state index in [2.05, 4.69) is 4.98 Å². The fourth-order valence-corrected chi connectivity index (χ4v) is 3.12.